The van der Waals surface area contributed by atoms with E-state index in [1.807, 2.05) is 0 Å². The number of fused-ring (bicyclic) bond motifs is 1. The van der Waals surface area contributed by atoms with E-state index in [2.05, 4.69) is 4.98 Å². The Morgan fingerprint density at radius 1 is 1.16 bits per heavy atom. The van der Waals surface area contributed by atoms with Crippen LogP contribution in [0.15, 0.2) is 36.7 Å². The monoisotopic (exact) mass is 338 g/mol. The summed E-state index contributed by atoms with van der Waals surface area (Å²) in [7, 11) is 0. The van der Waals surface area contributed by atoms with Crippen LogP contribution in [0.5, 0.6) is 0 Å². The number of aromatic carboxylic acids is 1. The molecule has 1 aromatic heterocycles. The molecule has 2 aromatic rings. The molecule has 0 aliphatic carbocycles. The molecule has 2 amide bonds. The van der Waals surface area contributed by atoms with Gasteiger partial charge in [0.2, 0.25) is 5.91 Å². The summed E-state index contributed by atoms with van der Waals surface area (Å²) in [5.41, 5.74) is 0.967. The third-order valence-corrected chi connectivity index (χ3v) is 4.07. The molecule has 0 bridgehead atoms. The van der Waals surface area contributed by atoms with E-state index >= 15 is 0 Å². The highest BCUT2D eigenvalue weighted by Gasteiger charge is 2.39. The molecule has 3 rings (SSSR count). The zero-order chi connectivity index (χ0) is 18.3. The van der Waals surface area contributed by atoms with E-state index in [4.69, 9.17) is 0 Å². The minimum absolute atomic E-state index is 0.00608. The van der Waals surface area contributed by atoms with E-state index < -0.39 is 17.8 Å². The van der Waals surface area contributed by atoms with Gasteiger partial charge in [0.25, 0.3) is 5.91 Å². The molecule has 1 aliphatic rings. The maximum absolute atomic E-state index is 12.8. The van der Waals surface area contributed by atoms with E-state index in [1.165, 1.54) is 38.4 Å². The van der Waals surface area contributed by atoms with Crippen molar-refractivity contribution < 1.29 is 24.6 Å². The molecular weight excluding hydrogens is 324 g/mol. The number of rotatable bonds is 2. The molecule has 0 unspecified atom stereocenters. The van der Waals surface area contributed by atoms with Gasteiger partial charge in [0.15, 0.2) is 0 Å². The van der Waals surface area contributed by atoms with Gasteiger partial charge in [0, 0.05) is 30.4 Å². The number of pyridine rings is 1. The number of hydrogen-bond donors (Lipinski definition) is 2. The number of nitrogens with zero attached hydrogens (tertiary/aromatic N) is 2. The molecule has 7 heteroatoms. The normalized spacial score (nSPS) is 15.1. The van der Waals surface area contributed by atoms with Crippen LogP contribution in [0, 0.1) is 6.92 Å². The van der Waals surface area contributed by atoms with Crippen LogP contribution in [0.3, 0.4) is 0 Å². The second kappa shape index (κ2) is 5.86. The molecule has 0 saturated heterocycles. The average molecular weight is 338 g/mol. The largest absolute Gasteiger partial charge is 0.506 e. The lowest BCUT2D eigenvalue weighted by Crippen LogP contribution is -2.31. The second-order valence-electron chi connectivity index (χ2n) is 5.56. The van der Waals surface area contributed by atoms with Crippen LogP contribution in [-0.2, 0) is 9.59 Å². The number of aliphatic hydroxyl groups excluding tert-OH is 1. The van der Waals surface area contributed by atoms with E-state index in [0.29, 0.717) is 11.1 Å². The number of imide groups is 1. The van der Waals surface area contributed by atoms with Crippen LogP contribution in [0.4, 0.5) is 5.69 Å². The topological polar surface area (TPSA) is 108 Å². The molecule has 7 nitrogen and oxygen atoms in total. The molecule has 0 fully saturated rings. The predicted octanol–water partition coefficient (Wildman–Crippen LogP) is 2.41. The first-order chi connectivity index (χ1) is 11.8. The average Bonchev–Trinajstić information content (AvgIpc) is 2.88. The van der Waals surface area contributed by atoms with Crippen molar-refractivity contribution >= 4 is 34.8 Å². The SMILES string of the molecule is CC(=O)N1C(=O)C(=C(O)c2cccnc2)c2c1ccc(C(=O)O)c2C. The zero-order valence-corrected chi connectivity index (χ0v) is 13.5. The highest BCUT2D eigenvalue weighted by Crippen LogP contribution is 2.43. The molecule has 126 valence electrons. The lowest BCUT2D eigenvalue weighted by molar-refractivity contribution is -0.122. The fraction of sp³-hybridized carbons (Fsp3) is 0.111. The van der Waals surface area contributed by atoms with Gasteiger partial charge in [-0.3, -0.25) is 14.6 Å². The van der Waals surface area contributed by atoms with Crippen LogP contribution in [-0.4, -0.2) is 33.0 Å². The highest BCUT2D eigenvalue weighted by molar-refractivity contribution is 6.43. The third kappa shape index (κ3) is 2.46. The van der Waals surface area contributed by atoms with Gasteiger partial charge in [-0.1, -0.05) is 0 Å². The van der Waals surface area contributed by atoms with Gasteiger partial charge in [-0.05, 0) is 36.8 Å². The summed E-state index contributed by atoms with van der Waals surface area (Å²) >= 11 is 0. The minimum atomic E-state index is -1.16. The molecule has 2 N–H and O–H groups in total. The van der Waals surface area contributed by atoms with Gasteiger partial charge in [0.1, 0.15) is 5.76 Å². The maximum atomic E-state index is 12.8. The van der Waals surface area contributed by atoms with Crippen molar-refractivity contribution in [2.75, 3.05) is 4.90 Å². The van der Waals surface area contributed by atoms with Gasteiger partial charge >= 0.3 is 5.97 Å². The Morgan fingerprint density at radius 2 is 1.88 bits per heavy atom. The Labute approximate surface area is 142 Å². The van der Waals surface area contributed by atoms with E-state index in [0.717, 1.165) is 4.90 Å². The number of aromatic nitrogens is 1. The van der Waals surface area contributed by atoms with Crippen LogP contribution >= 0.6 is 0 Å². The quantitative estimate of drug-likeness (QED) is 0.643. The predicted molar refractivity (Wildman–Crippen MR) is 90.0 cm³/mol. The summed E-state index contributed by atoms with van der Waals surface area (Å²) in [6.45, 7) is 2.77. The summed E-state index contributed by atoms with van der Waals surface area (Å²) in [6, 6.07) is 5.89. The van der Waals surface area contributed by atoms with Crippen LogP contribution in [0.25, 0.3) is 11.3 Å². The molecule has 0 atom stereocenters. The van der Waals surface area contributed by atoms with Crippen LogP contribution in [0.1, 0.15) is 34.0 Å². The lowest BCUT2D eigenvalue weighted by atomic mass is 9.95. The van der Waals surface area contributed by atoms with E-state index in [9.17, 15) is 24.6 Å². The summed E-state index contributed by atoms with van der Waals surface area (Å²) in [6.07, 6.45) is 2.89. The van der Waals surface area contributed by atoms with Gasteiger partial charge in [-0.2, -0.15) is 0 Å². The van der Waals surface area contributed by atoms with Crippen molar-refractivity contribution in [2.24, 2.45) is 0 Å². The summed E-state index contributed by atoms with van der Waals surface area (Å²) in [4.78, 5) is 40.9. The third-order valence-electron chi connectivity index (χ3n) is 4.07. The molecular formula is C18H14N2O5. The Kier molecular flexibility index (Phi) is 3.84. The number of benzene rings is 1. The molecule has 1 aromatic carbocycles. The summed E-state index contributed by atoms with van der Waals surface area (Å²) in [5, 5.41) is 20.0. The number of carboxylic acids is 1. The fourth-order valence-electron chi connectivity index (χ4n) is 2.94. The van der Waals surface area contributed by atoms with Crippen LogP contribution in [0.2, 0.25) is 0 Å². The van der Waals surface area contributed by atoms with Crippen LogP contribution < -0.4 is 4.90 Å². The summed E-state index contributed by atoms with van der Waals surface area (Å²) in [5.74, 6) is -2.74. The fourth-order valence-corrected chi connectivity index (χ4v) is 2.94. The first-order valence-electron chi connectivity index (χ1n) is 7.40. The first-order valence-corrected chi connectivity index (χ1v) is 7.40. The zero-order valence-electron chi connectivity index (χ0n) is 13.5. The van der Waals surface area contributed by atoms with Crippen molar-refractivity contribution in [3.8, 4) is 0 Å². The van der Waals surface area contributed by atoms with Crippen molar-refractivity contribution in [3.63, 3.8) is 0 Å². The number of hydrogen-bond acceptors (Lipinski definition) is 5. The van der Waals surface area contributed by atoms with Crippen molar-refractivity contribution in [2.45, 2.75) is 13.8 Å². The minimum Gasteiger partial charge on any atom is -0.506 e. The molecule has 0 radical (unpaired) electrons. The van der Waals surface area contributed by atoms with Crippen molar-refractivity contribution in [3.05, 3.63) is 58.9 Å². The Balaban J connectivity index is 2.37. The summed E-state index contributed by atoms with van der Waals surface area (Å²) < 4.78 is 0. The Bertz CT molecular complexity index is 947. The van der Waals surface area contributed by atoms with Gasteiger partial charge in [-0.25, -0.2) is 9.69 Å². The van der Waals surface area contributed by atoms with Crippen molar-refractivity contribution in [1.29, 1.82) is 0 Å². The van der Waals surface area contributed by atoms with Crippen molar-refractivity contribution in [1.82, 2.24) is 4.98 Å². The number of carbonyl (C=O) groups excluding carboxylic acids is 2. The maximum Gasteiger partial charge on any atom is 0.335 e. The standard InChI is InChI=1S/C18H14N2O5/c1-9-12(18(24)25)5-6-13-14(9)15(17(23)20(13)10(2)21)16(22)11-4-3-7-19-8-11/h3-8,22H,1-2H3,(H,24,25). The number of anilines is 1. The highest BCUT2D eigenvalue weighted by atomic mass is 16.4. The number of carbonyl (C=O) groups is 3. The number of amides is 2. The Hall–Kier alpha value is -3.48. The molecule has 1 aliphatic heterocycles. The molecule has 0 saturated carbocycles. The van der Waals surface area contributed by atoms with Gasteiger partial charge in [0.05, 0.1) is 16.8 Å². The smallest absolute Gasteiger partial charge is 0.335 e. The molecule has 2 heterocycles. The molecule has 0 spiro atoms. The van der Waals surface area contributed by atoms with Gasteiger partial charge < -0.3 is 10.2 Å². The lowest BCUT2D eigenvalue weighted by Gasteiger charge is -2.13. The second-order valence-corrected chi connectivity index (χ2v) is 5.56. The van der Waals surface area contributed by atoms with Gasteiger partial charge in [-0.15, -0.1) is 0 Å². The van der Waals surface area contributed by atoms with E-state index in [1.54, 1.807) is 12.1 Å². The first kappa shape index (κ1) is 16.4. The van der Waals surface area contributed by atoms with E-state index in [-0.39, 0.29) is 28.1 Å². The molecule has 25 heavy (non-hydrogen) atoms. The number of carboxylic acid groups (broad SMARTS) is 1. The Morgan fingerprint density at radius 3 is 2.44 bits per heavy atom. The number of aliphatic hydroxyl groups is 1.